The van der Waals surface area contributed by atoms with E-state index in [1.807, 2.05) is 54.7 Å². The van der Waals surface area contributed by atoms with E-state index in [9.17, 15) is 4.39 Å². The predicted octanol–water partition coefficient (Wildman–Crippen LogP) is 5.80. The van der Waals surface area contributed by atoms with Gasteiger partial charge in [-0.3, -0.25) is 4.98 Å². The van der Waals surface area contributed by atoms with Crippen LogP contribution < -0.4 is 5.32 Å². The average Bonchev–Trinajstić information content (AvgIpc) is 3.31. The van der Waals surface area contributed by atoms with Crippen LogP contribution in [-0.4, -0.2) is 19.6 Å². The van der Waals surface area contributed by atoms with E-state index in [0.29, 0.717) is 11.7 Å². The summed E-state index contributed by atoms with van der Waals surface area (Å²) in [5, 5.41) is 4.24. The van der Waals surface area contributed by atoms with Crippen molar-refractivity contribution in [3.63, 3.8) is 0 Å². The summed E-state index contributed by atoms with van der Waals surface area (Å²) >= 11 is 5.82. The Bertz CT molecular complexity index is 1270. The monoisotopic (exact) mass is 456 g/mol. The predicted molar refractivity (Wildman–Crippen MR) is 133 cm³/mol. The number of nitrogens with zero attached hydrogens (tertiary/aromatic N) is 3. The van der Waals surface area contributed by atoms with Gasteiger partial charge >= 0.3 is 0 Å². The summed E-state index contributed by atoms with van der Waals surface area (Å²) in [5.41, 5.74) is 6.46. The van der Waals surface area contributed by atoms with E-state index < -0.39 is 0 Å². The molecule has 0 saturated carbocycles. The van der Waals surface area contributed by atoms with Gasteiger partial charge in [-0.2, -0.15) is 0 Å². The van der Waals surface area contributed by atoms with Gasteiger partial charge in [0.05, 0.1) is 17.8 Å². The van der Waals surface area contributed by atoms with E-state index in [2.05, 4.69) is 51.8 Å². The van der Waals surface area contributed by atoms with Crippen LogP contribution in [0.4, 0.5) is 4.39 Å². The van der Waals surface area contributed by atoms with E-state index in [4.69, 9.17) is 12.2 Å². The topological polar surface area (TPSA) is 33.1 Å². The highest BCUT2D eigenvalue weighted by atomic mass is 32.1. The highest BCUT2D eigenvalue weighted by Crippen LogP contribution is 2.42. The molecule has 0 amide bonds. The molecule has 0 aliphatic carbocycles. The van der Waals surface area contributed by atoms with Gasteiger partial charge in [-0.25, -0.2) is 4.39 Å². The van der Waals surface area contributed by atoms with Crippen molar-refractivity contribution in [2.24, 2.45) is 0 Å². The van der Waals surface area contributed by atoms with Gasteiger partial charge in [-0.05, 0) is 79.7 Å². The van der Waals surface area contributed by atoms with Crippen LogP contribution in [0.3, 0.4) is 0 Å². The summed E-state index contributed by atoms with van der Waals surface area (Å²) in [7, 11) is 0. The first-order valence-electron chi connectivity index (χ1n) is 11.0. The molecule has 0 radical (unpaired) electrons. The number of halogens is 1. The van der Waals surface area contributed by atoms with Crippen LogP contribution >= 0.6 is 12.2 Å². The molecule has 1 aliphatic heterocycles. The normalized spacial score (nSPS) is 17.9. The van der Waals surface area contributed by atoms with Crippen molar-refractivity contribution in [3.8, 4) is 5.69 Å². The Morgan fingerprint density at radius 2 is 1.70 bits per heavy atom. The lowest BCUT2D eigenvalue weighted by Crippen LogP contribution is -2.29. The first kappa shape index (κ1) is 21.3. The highest BCUT2D eigenvalue weighted by molar-refractivity contribution is 7.80. The molecule has 6 heteroatoms. The smallest absolute Gasteiger partial charge is 0.170 e. The Balaban J connectivity index is 1.61. The number of aryl methyl sites for hydroxylation is 1. The second kappa shape index (κ2) is 8.79. The molecule has 166 valence electrons. The summed E-state index contributed by atoms with van der Waals surface area (Å²) in [6, 6.07) is 25.1. The van der Waals surface area contributed by atoms with Crippen molar-refractivity contribution >= 4 is 17.3 Å². The van der Waals surface area contributed by atoms with Crippen LogP contribution in [-0.2, 0) is 6.54 Å². The van der Waals surface area contributed by atoms with Gasteiger partial charge in [-0.15, -0.1) is 0 Å². The van der Waals surface area contributed by atoms with Gasteiger partial charge < -0.3 is 14.8 Å². The zero-order valence-corrected chi connectivity index (χ0v) is 19.4. The van der Waals surface area contributed by atoms with Gasteiger partial charge in [-0.1, -0.05) is 36.4 Å². The molecular weight excluding hydrogens is 431 g/mol. The van der Waals surface area contributed by atoms with E-state index >= 15 is 0 Å². The minimum absolute atomic E-state index is 0.0343. The van der Waals surface area contributed by atoms with Gasteiger partial charge in [0.15, 0.2) is 5.11 Å². The molecule has 0 bridgehead atoms. The Labute approximate surface area is 198 Å². The number of aromatic nitrogens is 2. The lowest BCUT2D eigenvalue weighted by Gasteiger charge is -2.28. The SMILES string of the molecule is Cc1cc([C@@H]2[C@H](c3ccccn3)NC(=S)N2Cc2ccccc2)c(C)n1-c1ccc(F)cc1. The number of hydrogen-bond donors (Lipinski definition) is 1. The van der Waals surface area contributed by atoms with Crippen molar-refractivity contribution in [2.45, 2.75) is 32.5 Å². The maximum Gasteiger partial charge on any atom is 0.170 e. The summed E-state index contributed by atoms with van der Waals surface area (Å²) in [5.74, 6) is -0.240. The van der Waals surface area contributed by atoms with Crippen molar-refractivity contribution in [2.75, 3.05) is 0 Å². The summed E-state index contributed by atoms with van der Waals surface area (Å²) < 4.78 is 15.7. The molecule has 4 aromatic rings. The average molecular weight is 457 g/mol. The van der Waals surface area contributed by atoms with E-state index in [1.54, 1.807) is 0 Å². The Kier molecular flexibility index (Phi) is 5.68. The standard InChI is InChI=1S/C27H25FN4S/c1-18-16-23(19(2)32(18)22-13-11-21(28)12-14-22)26-25(24-10-6-7-15-29-24)30-27(33)31(26)17-20-8-4-3-5-9-20/h3-16,25-26H,17H2,1-2H3,(H,30,33)/t25-,26+/m0/s1. The van der Waals surface area contributed by atoms with Gasteiger partial charge in [0, 0.05) is 29.8 Å². The molecule has 2 aromatic heterocycles. The highest BCUT2D eigenvalue weighted by Gasteiger charge is 2.41. The van der Waals surface area contributed by atoms with Crippen LogP contribution in [0, 0.1) is 19.7 Å². The molecule has 1 N–H and O–H groups in total. The molecule has 4 nitrogen and oxygen atoms in total. The van der Waals surface area contributed by atoms with Crippen LogP contribution in [0.1, 0.15) is 40.3 Å². The fraction of sp³-hybridized carbons (Fsp3) is 0.185. The number of thiocarbonyl (C=S) groups is 1. The van der Waals surface area contributed by atoms with Crippen molar-refractivity contribution < 1.29 is 4.39 Å². The van der Waals surface area contributed by atoms with Crippen LogP contribution in [0.5, 0.6) is 0 Å². The third kappa shape index (κ3) is 4.02. The van der Waals surface area contributed by atoms with Crippen LogP contribution in [0.2, 0.25) is 0 Å². The van der Waals surface area contributed by atoms with E-state index in [0.717, 1.165) is 22.8 Å². The van der Waals surface area contributed by atoms with Gasteiger partial charge in [0.1, 0.15) is 5.82 Å². The Morgan fingerprint density at radius 3 is 2.39 bits per heavy atom. The molecule has 1 fully saturated rings. The molecule has 1 aliphatic rings. The minimum atomic E-state index is -0.240. The molecular formula is C27H25FN4S. The molecule has 0 spiro atoms. The molecule has 0 unspecified atom stereocenters. The number of hydrogen-bond acceptors (Lipinski definition) is 2. The van der Waals surface area contributed by atoms with Crippen LogP contribution in [0.25, 0.3) is 5.69 Å². The first-order valence-corrected chi connectivity index (χ1v) is 11.4. The molecule has 1 saturated heterocycles. The second-order valence-electron chi connectivity index (χ2n) is 8.38. The molecule has 2 atom stereocenters. The van der Waals surface area contributed by atoms with Gasteiger partial charge in [0.2, 0.25) is 0 Å². The third-order valence-corrected chi connectivity index (χ3v) is 6.62. The van der Waals surface area contributed by atoms with Crippen LogP contribution in [0.15, 0.2) is 85.1 Å². The molecule has 5 rings (SSSR count). The lowest BCUT2D eigenvalue weighted by atomic mass is 9.96. The Hall–Kier alpha value is -3.51. The number of nitrogens with one attached hydrogen (secondary N) is 1. The maximum absolute atomic E-state index is 13.5. The van der Waals surface area contributed by atoms with E-state index in [1.165, 1.54) is 23.3 Å². The number of pyridine rings is 1. The third-order valence-electron chi connectivity index (χ3n) is 6.27. The summed E-state index contributed by atoms with van der Waals surface area (Å²) in [4.78, 5) is 6.89. The molecule has 33 heavy (non-hydrogen) atoms. The minimum Gasteiger partial charge on any atom is -0.352 e. The second-order valence-corrected chi connectivity index (χ2v) is 8.77. The number of benzene rings is 2. The molecule has 3 heterocycles. The quantitative estimate of drug-likeness (QED) is 0.385. The zero-order valence-electron chi connectivity index (χ0n) is 18.6. The lowest BCUT2D eigenvalue weighted by molar-refractivity contribution is 0.310. The fourth-order valence-corrected chi connectivity index (χ4v) is 5.07. The first-order chi connectivity index (χ1) is 16.0. The summed E-state index contributed by atoms with van der Waals surface area (Å²) in [6.45, 7) is 4.89. The zero-order chi connectivity index (χ0) is 22.9. The summed E-state index contributed by atoms with van der Waals surface area (Å²) in [6.07, 6.45) is 1.82. The fourth-order valence-electron chi connectivity index (χ4n) is 4.77. The largest absolute Gasteiger partial charge is 0.352 e. The van der Waals surface area contributed by atoms with Crippen molar-refractivity contribution in [3.05, 3.63) is 119 Å². The number of rotatable bonds is 5. The van der Waals surface area contributed by atoms with Crippen molar-refractivity contribution in [1.82, 2.24) is 19.8 Å². The van der Waals surface area contributed by atoms with E-state index in [-0.39, 0.29) is 17.9 Å². The van der Waals surface area contributed by atoms with Crippen molar-refractivity contribution in [1.29, 1.82) is 0 Å². The van der Waals surface area contributed by atoms with Gasteiger partial charge in [0.25, 0.3) is 0 Å². The Morgan fingerprint density at radius 1 is 0.970 bits per heavy atom. The maximum atomic E-state index is 13.5. The molecule has 2 aromatic carbocycles.